The molecule has 0 aliphatic heterocycles. The van der Waals surface area contributed by atoms with Gasteiger partial charge < -0.3 is 4.74 Å². The van der Waals surface area contributed by atoms with Gasteiger partial charge in [0.05, 0.1) is 6.10 Å². The van der Waals surface area contributed by atoms with Crippen molar-refractivity contribution in [2.24, 2.45) is 0 Å². The van der Waals surface area contributed by atoms with E-state index < -0.39 is 0 Å². The van der Waals surface area contributed by atoms with Crippen LogP contribution in [-0.4, -0.2) is 19.0 Å². The Balaban J connectivity index is 2.63. The Bertz CT molecular complexity index is 374. The fourth-order valence-electron chi connectivity index (χ4n) is 1.48. The molecule has 0 fully saturated rings. The lowest BCUT2D eigenvalue weighted by molar-refractivity contribution is -0.120. The van der Waals surface area contributed by atoms with Crippen molar-refractivity contribution in [1.29, 1.82) is 0 Å². The van der Waals surface area contributed by atoms with Gasteiger partial charge in [-0.25, -0.2) is 0 Å². The zero-order valence-corrected chi connectivity index (χ0v) is 10.7. The molecule has 1 atom stereocenters. The molecule has 0 radical (unpaired) electrons. The fraction of sp³-hybridized carbons (Fsp3) is 0.462. The van der Waals surface area contributed by atoms with E-state index >= 15 is 0 Å². The molecule has 88 valence electrons. The van der Waals surface area contributed by atoms with Gasteiger partial charge in [0.25, 0.3) is 0 Å². The van der Waals surface area contributed by atoms with Gasteiger partial charge in [0.2, 0.25) is 0 Å². The van der Waals surface area contributed by atoms with Gasteiger partial charge in [-0.1, -0.05) is 23.7 Å². The first-order valence-electron chi connectivity index (χ1n) is 5.32. The second-order valence-corrected chi connectivity index (χ2v) is 4.47. The molecule has 0 aliphatic carbocycles. The van der Waals surface area contributed by atoms with E-state index in [4.69, 9.17) is 16.3 Å². The lowest BCUT2D eigenvalue weighted by Gasteiger charge is -2.09. The topological polar surface area (TPSA) is 26.3 Å². The molecule has 0 bridgehead atoms. The van der Waals surface area contributed by atoms with Gasteiger partial charge in [0, 0.05) is 25.0 Å². The summed E-state index contributed by atoms with van der Waals surface area (Å²) in [7, 11) is 1.61. The minimum atomic E-state index is -0.0308. The van der Waals surface area contributed by atoms with Gasteiger partial charge in [-0.05, 0) is 31.0 Å². The van der Waals surface area contributed by atoms with Crippen LogP contribution in [0.2, 0.25) is 5.02 Å². The van der Waals surface area contributed by atoms with Gasteiger partial charge in [-0.2, -0.15) is 0 Å². The summed E-state index contributed by atoms with van der Waals surface area (Å²) in [5, 5.41) is 0.665. The smallest absolute Gasteiger partial charge is 0.139 e. The van der Waals surface area contributed by atoms with Crippen LogP contribution in [-0.2, 0) is 16.0 Å². The molecule has 0 heterocycles. The van der Waals surface area contributed by atoms with Crippen LogP contribution in [0.4, 0.5) is 0 Å². The van der Waals surface area contributed by atoms with E-state index in [1.54, 1.807) is 7.11 Å². The maximum absolute atomic E-state index is 11.7. The molecule has 0 saturated carbocycles. The van der Waals surface area contributed by atoms with E-state index in [1.165, 1.54) is 0 Å². The SMILES string of the molecule is COC(C)CC(=O)Cc1ccc(C)cc1Cl. The van der Waals surface area contributed by atoms with Gasteiger partial charge in [-0.3, -0.25) is 4.79 Å². The van der Waals surface area contributed by atoms with Crippen molar-refractivity contribution in [2.45, 2.75) is 32.8 Å². The highest BCUT2D eigenvalue weighted by Gasteiger charge is 2.11. The lowest BCUT2D eigenvalue weighted by atomic mass is 10.0. The minimum Gasteiger partial charge on any atom is -0.381 e. The minimum absolute atomic E-state index is 0.0308. The van der Waals surface area contributed by atoms with E-state index in [-0.39, 0.29) is 11.9 Å². The summed E-state index contributed by atoms with van der Waals surface area (Å²) in [6.45, 7) is 3.86. The number of benzene rings is 1. The van der Waals surface area contributed by atoms with E-state index in [0.717, 1.165) is 11.1 Å². The molecule has 16 heavy (non-hydrogen) atoms. The average Bonchev–Trinajstić information content (AvgIpc) is 2.22. The highest BCUT2D eigenvalue weighted by Crippen LogP contribution is 2.19. The molecule has 0 amide bonds. The number of carbonyl (C=O) groups excluding carboxylic acids is 1. The molecule has 0 N–H and O–H groups in total. The van der Waals surface area contributed by atoms with Crippen molar-refractivity contribution >= 4 is 17.4 Å². The highest BCUT2D eigenvalue weighted by atomic mass is 35.5. The number of ether oxygens (including phenoxy) is 1. The molecule has 1 aromatic carbocycles. The van der Waals surface area contributed by atoms with Crippen LogP contribution < -0.4 is 0 Å². The summed E-state index contributed by atoms with van der Waals surface area (Å²) in [6.07, 6.45) is 0.782. The molecule has 1 aromatic rings. The third-order valence-electron chi connectivity index (χ3n) is 2.51. The van der Waals surface area contributed by atoms with E-state index in [2.05, 4.69) is 0 Å². The van der Waals surface area contributed by atoms with Crippen molar-refractivity contribution in [1.82, 2.24) is 0 Å². The Kier molecular flexibility index (Phi) is 4.97. The lowest BCUT2D eigenvalue weighted by Crippen LogP contribution is -2.14. The molecule has 2 nitrogen and oxygen atoms in total. The predicted octanol–water partition coefficient (Wildman–Crippen LogP) is 3.19. The van der Waals surface area contributed by atoms with Gasteiger partial charge in [-0.15, -0.1) is 0 Å². The summed E-state index contributed by atoms with van der Waals surface area (Å²) < 4.78 is 5.05. The third kappa shape index (κ3) is 3.95. The number of halogens is 1. The number of Topliss-reactive ketones (excluding diaryl/α,β-unsaturated/α-hetero) is 1. The third-order valence-corrected chi connectivity index (χ3v) is 2.87. The quantitative estimate of drug-likeness (QED) is 0.790. The van der Waals surface area contributed by atoms with Gasteiger partial charge in [0.15, 0.2) is 0 Å². The van der Waals surface area contributed by atoms with Gasteiger partial charge >= 0.3 is 0 Å². The summed E-state index contributed by atoms with van der Waals surface area (Å²) in [6, 6.07) is 5.76. The van der Waals surface area contributed by atoms with Gasteiger partial charge in [0.1, 0.15) is 5.78 Å². The summed E-state index contributed by atoms with van der Waals surface area (Å²) in [5.41, 5.74) is 1.99. The molecule has 1 unspecified atom stereocenters. The standard InChI is InChI=1S/C13H17ClO2/c1-9-4-5-11(13(14)6-9)8-12(15)7-10(2)16-3/h4-6,10H,7-8H2,1-3H3. The number of rotatable bonds is 5. The first kappa shape index (κ1) is 13.2. The van der Waals surface area contributed by atoms with Crippen molar-refractivity contribution in [3.63, 3.8) is 0 Å². The van der Waals surface area contributed by atoms with Crippen molar-refractivity contribution < 1.29 is 9.53 Å². The number of aryl methyl sites for hydroxylation is 1. The van der Waals surface area contributed by atoms with E-state index in [0.29, 0.717) is 17.9 Å². The normalized spacial score (nSPS) is 12.5. The molecule has 0 aliphatic rings. The molecule has 0 saturated heterocycles. The zero-order valence-electron chi connectivity index (χ0n) is 9.92. The van der Waals surface area contributed by atoms with Crippen LogP contribution in [0, 0.1) is 6.92 Å². The van der Waals surface area contributed by atoms with Crippen LogP contribution in [0.1, 0.15) is 24.5 Å². The highest BCUT2D eigenvalue weighted by molar-refractivity contribution is 6.31. The predicted molar refractivity (Wildman–Crippen MR) is 66.0 cm³/mol. The molecular weight excluding hydrogens is 224 g/mol. The summed E-state index contributed by atoms with van der Waals surface area (Å²) >= 11 is 6.06. The number of ketones is 1. The van der Waals surface area contributed by atoms with Crippen molar-refractivity contribution in [3.8, 4) is 0 Å². The number of carbonyl (C=O) groups is 1. The maximum atomic E-state index is 11.7. The van der Waals surface area contributed by atoms with Crippen LogP contribution in [0.25, 0.3) is 0 Å². The second kappa shape index (κ2) is 6.02. The zero-order chi connectivity index (χ0) is 12.1. The van der Waals surface area contributed by atoms with Crippen LogP contribution >= 0.6 is 11.6 Å². The number of hydrogen-bond acceptors (Lipinski definition) is 2. The van der Waals surface area contributed by atoms with Crippen molar-refractivity contribution in [2.75, 3.05) is 7.11 Å². The largest absolute Gasteiger partial charge is 0.381 e. The second-order valence-electron chi connectivity index (χ2n) is 4.06. The van der Waals surface area contributed by atoms with Crippen LogP contribution in [0.15, 0.2) is 18.2 Å². The Morgan fingerprint density at radius 2 is 2.19 bits per heavy atom. The Morgan fingerprint density at radius 3 is 2.75 bits per heavy atom. The number of hydrogen-bond donors (Lipinski definition) is 0. The Hall–Kier alpha value is -0.860. The summed E-state index contributed by atoms with van der Waals surface area (Å²) in [5.74, 6) is 0.153. The molecule has 0 aromatic heterocycles. The maximum Gasteiger partial charge on any atom is 0.139 e. The van der Waals surface area contributed by atoms with Crippen molar-refractivity contribution in [3.05, 3.63) is 34.3 Å². The first-order valence-corrected chi connectivity index (χ1v) is 5.70. The van der Waals surface area contributed by atoms with E-state index in [1.807, 2.05) is 32.0 Å². The first-order chi connectivity index (χ1) is 7.52. The van der Waals surface area contributed by atoms with Crippen LogP contribution in [0.5, 0.6) is 0 Å². The monoisotopic (exact) mass is 240 g/mol. The Morgan fingerprint density at radius 1 is 1.50 bits per heavy atom. The van der Waals surface area contributed by atoms with E-state index in [9.17, 15) is 4.79 Å². The summed E-state index contributed by atoms with van der Waals surface area (Å²) in [4.78, 5) is 11.7. The molecular formula is C13H17ClO2. The molecule has 3 heteroatoms. The fourth-order valence-corrected chi connectivity index (χ4v) is 1.79. The molecule has 1 rings (SSSR count). The number of methoxy groups -OCH3 is 1. The Labute approximate surface area is 102 Å². The van der Waals surface area contributed by atoms with Crippen LogP contribution in [0.3, 0.4) is 0 Å². The molecule has 0 spiro atoms. The average molecular weight is 241 g/mol.